The number of hydrogen-bond acceptors (Lipinski definition) is 3. The molecular weight excluding hydrogens is 337 g/mol. The van der Waals surface area contributed by atoms with Crippen LogP contribution in [-0.2, 0) is 11.9 Å². The molecule has 5 heteroatoms. The van der Waals surface area contributed by atoms with Gasteiger partial charge in [-0.3, -0.25) is 0 Å². The maximum absolute atomic E-state index is 14.0. The van der Waals surface area contributed by atoms with E-state index < -0.39 is 5.82 Å². The fourth-order valence-corrected chi connectivity index (χ4v) is 2.36. The number of ether oxygens (including phenoxy) is 2. The molecule has 2 rings (SSSR count). The molecule has 0 saturated carbocycles. The zero-order valence-electron chi connectivity index (χ0n) is 11.4. The Kier molecular flexibility index (Phi) is 5.18. The van der Waals surface area contributed by atoms with Crippen LogP contribution in [-0.4, -0.2) is 7.11 Å². The number of rotatable bonds is 5. The molecule has 0 unspecified atom stereocenters. The third kappa shape index (κ3) is 3.34. The molecule has 21 heavy (non-hydrogen) atoms. The van der Waals surface area contributed by atoms with E-state index in [9.17, 15) is 4.39 Å². The Balaban J connectivity index is 2.27. The van der Waals surface area contributed by atoms with Gasteiger partial charge in [0.25, 0.3) is 0 Å². The Morgan fingerprint density at radius 1 is 1.19 bits per heavy atom. The quantitative estimate of drug-likeness (QED) is 0.760. The molecule has 0 radical (unpaired) electrons. The van der Waals surface area contributed by atoms with Crippen molar-refractivity contribution < 1.29 is 13.9 Å². The lowest BCUT2D eigenvalue weighted by Gasteiger charge is -2.14. The van der Waals surface area contributed by atoms with Gasteiger partial charge < -0.3 is 9.47 Å². The van der Waals surface area contributed by atoms with Crippen LogP contribution >= 0.6 is 15.9 Å². The fraction of sp³-hybridized carbons (Fsp3) is 0.188. The monoisotopic (exact) mass is 349 g/mol. The number of para-hydroxylation sites is 1. The summed E-state index contributed by atoms with van der Waals surface area (Å²) in [6.45, 7) is 0.0295. The first kappa shape index (κ1) is 15.3. The van der Waals surface area contributed by atoms with Gasteiger partial charge in [-0.15, -0.1) is 0 Å². The van der Waals surface area contributed by atoms with Crippen LogP contribution in [0.1, 0.15) is 16.7 Å². The molecule has 0 saturated heterocycles. The zero-order chi connectivity index (χ0) is 15.2. The predicted octanol–water partition coefficient (Wildman–Crippen LogP) is 4.18. The van der Waals surface area contributed by atoms with Gasteiger partial charge in [0.1, 0.15) is 18.5 Å². The summed E-state index contributed by atoms with van der Waals surface area (Å²) in [5.74, 6) is 0.609. The highest BCUT2D eigenvalue weighted by Crippen LogP contribution is 2.33. The minimum atomic E-state index is -0.546. The third-order valence-electron chi connectivity index (χ3n) is 3.00. The van der Waals surface area contributed by atoms with Crippen LogP contribution in [0.2, 0.25) is 0 Å². The second-order valence-corrected chi connectivity index (χ2v) is 4.82. The van der Waals surface area contributed by atoms with Gasteiger partial charge >= 0.3 is 0 Å². The standard InChI is InChI=1S/C16H13BrFNO2/c1-20-14-7-3-4-11(8-17)16(14)21-10-13-6-2-5-12(9-19)15(13)18/h2-7H,8,10H2,1H3. The van der Waals surface area contributed by atoms with Crippen LogP contribution in [0.3, 0.4) is 0 Å². The van der Waals surface area contributed by atoms with Crippen molar-refractivity contribution in [3.05, 3.63) is 58.9 Å². The first-order valence-corrected chi connectivity index (χ1v) is 7.35. The Hall–Kier alpha value is -2.06. The lowest BCUT2D eigenvalue weighted by atomic mass is 10.1. The molecule has 108 valence electrons. The topological polar surface area (TPSA) is 42.2 Å². The first-order valence-electron chi connectivity index (χ1n) is 6.23. The molecule has 0 aliphatic carbocycles. The van der Waals surface area contributed by atoms with E-state index in [0.29, 0.717) is 22.4 Å². The van der Waals surface area contributed by atoms with Gasteiger partial charge in [0.05, 0.1) is 12.7 Å². The molecule has 0 aliphatic rings. The predicted molar refractivity (Wildman–Crippen MR) is 81.1 cm³/mol. The highest BCUT2D eigenvalue weighted by Gasteiger charge is 2.12. The van der Waals surface area contributed by atoms with Gasteiger partial charge in [-0.05, 0) is 12.1 Å². The van der Waals surface area contributed by atoms with E-state index in [4.69, 9.17) is 14.7 Å². The number of methoxy groups -OCH3 is 1. The van der Waals surface area contributed by atoms with Crippen molar-refractivity contribution in [3.8, 4) is 17.6 Å². The third-order valence-corrected chi connectivity index (χ3v) is 3.60. The van der Waals surface area contributed by atoms with Gasteiger partial charge in [0.2, 0.25) is 0 Å². The highest BCUT2D eigenvalue weighted by atomic mass is 79.9. The van der Waals surface area contributed by atoms with Crippen LogP contribution in [0.5, 0.6) is 11.5 Å². The summed E-state index contributed by atoms with van der Waals surface area (Å²) in [5.41, 5.74) is 1.25. The lowest BCUT2D eigenvalue weighted by molar-refractivity contribution is 0.277. The fourth-order valence-electron chi connectivity index (χ4n) is 1.92. The Bertz CT molecular complexity index is 660. The second-order valence-electron chi connectivity index (χ2n) is 4.26. The number of nitrogens with zero attached hydrogens (tertiary/aromatic N) is 1. The van der Waals surface area contributed by atoms with Crippen molar-refractivity contribution in [1.29, 1.82) is 5.26 Å². The van der Waals surface area contributed by atoms with Crippen molar-refractivity contribution in [1.82, 2.24) is 0 Å². The van der Waals surface area contributed by atoms with E-state index in [0.717, 1.165) is 5.56 Å². The molecule has 0 fully saturated rings. The normalized spacial score (nSPS) is 10.0. The summed E-state index contributed by atoms with van der Waals surface area (Å²) in [7, 11) is 1.55. The summed E-state index contributed by atoms with van der Waals surface area (Å²) in [6, 6.07) is 12.0. The van der Waals surface area contributed by atoms with Crippen LogP contribution in [0, 0.1) is 17.1 Å². The molecule has 0 amide bonds. The summed E-state index contributed by atoms with van der Waals surface area (Å²) in [6.07, 6.45) is 0. The highest BCUT2D eigenvalue weighted by molar-refractivity contribution is 9.08. The lowest BCUT2D eigenvalue weighted by Crippen LogP contribution is -2.03. The van der Waals surface area contributed by atoms with Gasteiger partial charge in [-0.1, -0.05) is 40.2 Å². The molecule has 0 aliphatic heterocycles. The minimum Gasteiger partial charge on any atom is -0.493 e. The molecule has 0 aromatic heterocycles. The van der Waals surface area contributed by atoms with E-state index in [1.165, 1.54) is 6.07 Å². The van der Waals surface area contributed by atoms with Crippen molar-refractivity contribution >= 4 is 15.9 Å². The first-order chi connectivity index (χ1) is 10.2. The van der Waals surface area contributed by atoms with Crippen molar-refractivity contribution in [3.63, 3.8) is 0 Å². The summed E-state index contributed by atoms with van der Waals surface area (Å²) in [5, 5.41) is 9.43. The Morgan fingerprint density at radius 3 is 2.57 bits per heavy atom. The molecule has 0 bridgehead atoms. The number of nitriles is 1. The van der Waals surface area contributed by atoms with E-state index in [1.807, 2.05) is 18.2 Å². The van der Waals surface area contributed by atoms with Gasteiger partial charge in [0.15, 0.2) is 11.5 Å². The summed E-state index contributed by atoms with van der Waals surface area (Å²) < 4.78 is 25.0. The molecule has 0 N–H and O–H groups in total. The Morgan fingerprint density at radius 2 is 1.90 bits per heavy atom. The summed E-state index contributed by atoms with van der Waals surface area (Å²) in [4.78, 5) is 0. The average Bonchev–Trinajstić information content (AvgIpc) is 2.53. The van der Waals surface area contributed by atoms with Gasteiger partial charge in [0, 0.05) is 16.5 Å². The van der Waals surface area contributed by atoms with E-state index in [1.54, 1.807) is 25.3 Å². The van der Waals surface area contributed by atoms with E-state index in [-0.39, 0.29) is 12.2 Å². The van der Waals surface area contributed by atoms with Crippen molar-refractivity contribution in [2.45, 2.75) is 11.9 Å². The largest absolute Gasteiger partial charge is 0.493 e. The zero-order valence-corrected chi connectivity index (χ0v) is 13.0. The van der Waals surface area contributed by atoms with Crippen LogP contribution in [0.25, 0.3) is 0 Å². The number of hydrogen-bond donors (Lipinski definition) is 0. The molecular formula is C16H13BrFNO2. The average molecular weight is 350 g/mol. The molecule has 0 spiro atoms. The number of halogens is 2. The maximum Gasteiger partial charge on any atom is 0.165 e. The van der Waals surface area contributed by atoms with Crippen molar-refractivity contribution in [2.75, 3.05) is 7.11 Å². The molecule has 3 nitrogen and oxygen atoms in total. The van der Waals surface area contributed by atoms with E-state index >= 15 is 0 Å². The van der Waals surface area contributed by atoms with Gasteiger partial charge in [-0.2, -0.15) is 5.26 Å². The summed E-state index contributed by atoms with van der Waals surface area (Å²) >= 11 is 3.38. The van der Waals surface area contributed by atoms with Crippen LogP contribution in [0.4, 0.5) is 4.39 Å². The molecule has 2 aromatic carbocycles. The minimum absolute atomic E-state index is 0.0110. The maximum atomic E-state index is 14.0. The van der Waals surface area contributed by atoms with Crippen LogP contribution in [0.15, 0.2) is 36.4 Å². The van der Waals surface area contributed by atoms with Crippen LogP contribution < -0.4 is 9.47 Å². The van der Waals surface area contributed by atoms with E-state index in [2.05, 4.69) is 15.9 Å². The smallest absolute Gasteiger partial charge is 0.165 e. The Labute approximate surface area is 131 Å². The molecule has 0 atom stereocenters. The molecule has 0 heterocycles. The van der Waals surface area contributed by atoms with Crippen molar-refractivity contribution in [2.24, 2.45) is 0 Å². The SMILES string of the molecule is COc1cccc(CBr)c1OCc1cccc(C#N)c1F. The molecule has 2 aromatic rings. The number of alkyl halides is 1. The number of benzene rings is 2. The van der Waals surface area contributed by atoms with Gasteiger partial charge in [-0.25, -0.2) is 4.39 Å². The second kappa shape index (κ2) is 7.09.